The predicted octanol–water partition coefficient (Wildman–Crippen LogP) is 4.89. The van der Waals surface area contributed by atoms with Crippen LogP contribution in [0.25, 0.3) is 0 Å². The third-order valence-corrected chi connectivity index (χ3v) is 4.84. The second-order valence-electron chi connectivity index (χ2n) is 5.73. The minimum absolute atomic E-state index is 0.113. The SMILES string of the molecule is CC[C@@H](NC(=O)CCSCc1ccccc1)c1ccc(C)cc1. The molecule has 1 atom stereocenters. The number of hydrogen-bond acceptors (Lipinski definition) is 2. The van der Waals surface area contributed by atoms with Crippen LogP contribution >= 0.6 is 11.8 Å². The number of carbonyl (C=O) groups excluding carboxylic acids is 1. The number of benzene rings is 2. The third-order valence-electron chi connectivity index (χ3n) is 3.81. The van der Waals surface area contributed by atoms with Gasteiger partial charge in [0.05, 0.1) is 6.04 Å². The summed E-state index contributed by atoms with van der Waals surface area (Å²) in [6.45, 7) is 4.18. The van der Waals surface area contributed by atoms with Gasteiger partial charge in [-0.25, -0.2) is 0 Å². The molecule has 0 aliphatic heterocycles. The highest BCUT2D eigenvalue weighted by molar-refractivity contribution is 7.98. The standard InChI is InChI=1S/C20H25NOS/c1-3-19(18-11-9-16(2)10-12-18)21-20(22)13-14-23-15-17-7-5-4-6-8-17/h4-12,19H,3,13-15H2,1-2H3,(H,21,22)/t19-/m1/s1. The molecule has 1 N–H and O–H groups in total. The van der Waals surface area contributed by atoms with Crippen LogP contribution in [0.5, 0.6) is 0 Å². The summed E-state index contributed by atoms with van der Waals surface area (Å²) in [5, 5.41) is 3.15. The summed E-state index contributed by atoms with van der Waals surface area (Å²) in [5.41, 5.74) is 3.74. The van der Waals surface area contributed by atoms with Gasteiger partial charge >= 0.3 is 0 Å². The first-order valence-electron chi connectivity index (χ1n) is 8.16. The summed E-state index contributed by atoms with van der Waals surface area (Å²) in [5.74, 6) is 1.95. The van der Waals surface area contributed by atoms with Gasteiger partial charge in [0.25, 0.3) is 0 Å². The molecule has 0 saturated heterocycles. The van der Waals surface area contributed by atoms with Gasteiger partial charge in [-0.2, -0.15) is 11.8 Å². The van der Waals surface area contributed by atoms with Crippen molar-refractivity contribution in [2.24, 2.45) is 0 Å². The maximum Gasteiger partial charge on any atom is 0.221 e. The zero-order valence-electron chi connectivity index (χ0n) is 13.9. The molecule has 0 unspecified atom stereocenters. The molecule has 23 heavy (non-hydrogen) atoms. The Hall–Kier alpha value is -1.74. The van der Waals surface area contributed by atoms with Gasteiger partial charge in [0.1, 0.15) is 0 Å². The van der Waals surface area contributed by atoms with E-state index >= 15 is 0 Å². The number of rotatable bonds is 8. The van der Waals surface area contributed by atoms with Gasteiger partial charge in [-0.1, -0.05) is 67.1 Å². The second-order valence-corrected chi connectivity index (χ2v) is 6.83. The first kappa shape index (κ1) is 17.6. The molecule has 1 amide bonds. The molecule has 0 saturated carbocycles. The number of aryl methyl sites for hydroxylation is 1. The second kappa shape index (κ2) is 9.41. The lowest BCUT2D eigenvalue weighted by atomic mass is 10.0. The van der Waals surface area contributed by atoms with Crippen LogP contribution < -0.4 is 5.32 Å². The van der Waals surface area contributed by atoms with E-state index in [1.54, 1.807) is 11.8 Å². The first-order valence-corrected chi connectivity index (χ1v) is 9.32. The van der Waals surface area contributed by atoms with Crippen LogP contribution in [-0.4, -0.2) is 11.7 Å². The van der Waals surface area contributed by atoms with Gasteiger partial charge in [-0.05, 0) is 24.5 Å². The van der Waals surface area contributed by atoms with Crippen LogP contribution in [0.1, 0.15) is 42.5 Å². The van der Waals surface area contributed by atoms with Crippen molar-refractivity contribution >= 4 is 17.7 Å². The lowest BCUT2D eigenvalue weighted by molar-refractivity contribution is -0.121. The number of thioether (sulfide) groups is 1. The minimum Gasteiger partial charge on any atom is -0.349 e. The van der Waals surface area contributed by atoms with Crippen molar-refractivity contribution in [1.82, 2.24) is 5.32 Å². The van der Waals surface area contributed by atoms with Crippen molar-refractivity contribution in [2.75, 3.05) is 5.75 Å². The zero-order chi connectivity index (χ0) is 16.5. The van der Waals surface area contributed by atoms with E-state index in [4.69, 9.17) is 0 Å². The molecular weight excluding hydrogens is 302 g/mol. The normalized spacial score (nSPS) is 11.9. The van der Waals surface area contributed by atoms with E-state index in [-0.39, 0.29) is 11.9 Å². The molecule has 0 radical (unpaired) electrons. The molecule has 3 heteroatoms. The molecule has 0 bridgehead atoms. The van der Waals surface area contributed by atoms with Crippen molar-refractivity contribution in [3.8, 4) is 0 Å². The Morgan fingerprint density at radius 2 is 1.78 bits per heavy atom. The quantitative estimate of drug-likeness (QED) is 0.700. The minimum atomic E-state index is 0.113. The largest absolute Gasteiger partial charge is 0.349 e. The maximum atomic E-state index is 12.1. The summed E-state index contributed by atoms with van der Waals surface area (Å²) in [6.07, 6.45) is 1.48. The van der Waals surface area contributed by atoms with E-state index in [2.05, 4.69) is 67.7 Å². The van der Waals surface area contributed by atoms with Gasteiger partial charge in [-0.15, -0.1) is 0 Å². The monoisotopic (exact) mass is 327 g/mol. The molecule has 2 nitrogen and oxygen atoms in total. The zero-order valence-corrected chi connectivity index (χ0v) is 14.7. The molecule has 0 spiro atoms. The van der Waals surface area contributed by atoms with Crippen LogP contribution in [0, 0.1) is 6.92 Å². The molecule has 2 aromatic carbocycles. The predicted molar refractivity (Wildman–Crippen MR) is 99.6 cm³/mol. The fraction of sp³-hybridized carbons (Fsp3) is 0.350. The van der Waals surface area contributed by atoms with Crippen LogP contribution in [0.2, 0.25) is 0 Å². The third kappa shape index (κ3) is 6.11. The molecule has 0 aliphatic carbocycles. The van der Waals surface area contributed by atoms with E-state index < -0.39 is 0 Å². The molecule has 0 aromatic heterocycles. The van der Waals surface area contributed by atoms with E-state index in [0.717, 1.165) is 17.9 Å². The highest BCUT2D eigenvalue weighted by Crippen LogP contribution is 2.18. The first-order chi connectivity index (χ1) is 11.2. The smallest absolute Gasteiger partial charge is 0.221 e. The molecule has 0 fully saturated rings. The van der Waals surface area contributed by atoms with E-state index in [1.165, 1.54) is 16.7 Å². The summed E-state index contributed by atoms with van der Waals surface area (Å²) in [6, 6.07) is 18.9. The Balaban J connectivity index is 1.73. The van der Waals surface area contributed by atoms with Crippen LogP contribution in [0.15, 0.2) is 54.6 Å². The van der Waals surface area contributed by atoms with Crippen LogP contribution in [-0.2, 0) is 10.5 Å². The Labute approximate surface area is 143 Å². The summed E-state index contributed by atoms with van der Waals surface area (Å²) in [4.78, 5) is 12.1. The van der Waals surface area contributed by atoms with Gasteiger partial charge in [0.15, 0.2) is 0 Å². The summed E-state index contributed by atoms with van der Waals surface area (Å²) in [7, 11) is 0. The van der Waals surface area contributed by atoms with E-state index in [1.807, 2.05) is 6.07 Å². The molecule has 0 aliphatic rings. The lowest BCUT2D eigenvalue weighted by Gasteiger charge is -2.17. The average Bonchev–Trinajstić information content (AvgIpc) is 2.58. The van der Waals surface area contributed by atoms with Crippen molar-refractivity contribution < 1.29 is 4.79 Å². The average molecular weight is 327 g/mol. The topological polar surface area (TPSA) is 29.1 Å². The van der Waals surface area contributed by atoms with Gasteiger partial charge < -0.3 is 5.32 Å². The Kier molecular flexibility index (Phi) is 7.21. The van der Waals surface area contributed by atoms with E-state index in [0.29, 0.717) is 6.42 Å². The van der Waals surface area contributed by atoms with Crippen molar-refractivity contribution in [1.29, 1.82) is 0 Å². The number of carbonyl (C=O) groups is 1. The van der Waals surface area contributed by atoms with E-state index in [9.17, 15) is 4.79 Å². The number of hydrogen-bond donors (Lipinski definition) is 1. The Morgan fingerprint density at radius 1 is 1.09 bits per heavy atom. The van der Waals surface area contributed by atoms with Gasteiger partial charge in [-0.3, -0.25) is 4.79 Å². The highest BCUT2D eigenvalue weighted by Gasteiger charge is 2.12. The van der Waals surface area contributed by atoms with Crippen LogP contribution in [0.4, 0.5) is 0 Å². The lowest BCUT2D eigenvalue weighted by Crippen LogP contribution is -2.28. The molecule has 2 rings (SSSR count). The Bertz CT molecular complexity index is 595. The summed E-state index contributed by atoms with van der Waals surface area (Å²) < 4.78 is 0. The fourth-order valence-electron chi connectivity index (χ4n) is 2.42. The van der Waals surface area contributed by atoms with Crippen molar-refractivity contribution in [3.05, 3.63) is 71.3 Å². The van der Waals surface area contributed by atoms with Gasteiger partial charge in [0, 0.05) is 17.9 Å². The van der Waals surface area contributed by atoms with Crippen molar-refractivity contribution in [2.45, 2.75) is 38.5 Å². The molecular formula is C20H25NOS. The highest BCUT2D eigenvalue weighted by atomic mass is 32.2. The summed E-state index contributed by atoms with van der Waals surface area (Å²) >= 11 is 1.81. The molecule has 0 heterocycles. The number of amides is 1. The maximum absolute atomic E-state index is 12.1. The van der Waals surface area contributed by atoms with Crippen LogP contribution in [0.3, 0.4) is 0 Å². The Morgan fingerprint density at radius 3 is 2.43 bits per heavy atom. The fourth-order valence-corrected chi connectivity index (χ4v) is 3.32. The van der Waals surface area contributed by atoms with Crippen molar-refractivity contribution in [3.63, 3.8) is 0 Å². The van der Waals surface area contributed by atoms with Gasteiger partial charge in [0.2, 0.25) is 5.91 Å². The molecule has 122 valence electrons. The number of nitrogens with one attached hydrogen (secondary N) is 1. The molecule has 2 aromatic rings.